The minimum Gasteiger partial charge on any atom is -0.481 e. The molecular weight excluding hydrogens is 324 g/mol. The number of nitrogens with zero attached hydrogens (tertiary/aromatic N) is 2. The number of benzene rings is 1. The largest absolute Gasteiger partial charge is 0.481 e. The van der Waals surface area contributed by atoms with Gasteiger partial charge < -0.3 is 19.6 Å². The highest BCUT2D eigenvalue weighted by Crippen LogP contribution is 2.13. The molecule has 0 bridgehead atoms. The summed E-state index contributed by atoms with van der Waals surface area (Å²) in [6.07, 6.45) is 0.829. The average Bonchev–Trinajstić information content (AvgIpc) is 3.09. The minimum absolute atomic E-state index is 0.0670. The van der Waals surface area contributed by atoms with E-state index in [0.717, 1.165) is 0 Å². The molecule has 0 saturated carbocycles. The van der Waals surface area contributed by atoms with Crippen LogP contribution >= 0.6 is 0 Å². The number of ether oxygens (including phenoxy) is 1. The quantitative estimate of drug-likeness (QED) is 0.704. The number of carbonyl (C=O) groups excluding carboxylic acids is 1. The molecule has 0 aliphatic heterocycles. The van der Waals surface area contributed by atoms with Gasteiger partial charge in [-0.1, -0.05) is 23.4 Å². The van der Waals surface area contributed by atoms with Gasteiger partial charge in [-0.15, -0.1) is 0 Å². The standard InChI is InChI=1S/C17H16N4O4/c1-11(24-13-5-3-2-4-6-13)17(23)19-10-15-20-16(21-25-15)12-7-8-18-14(22)9-12/h2-9,11H,10H2,1H3,(H,18,22)(H,19,23)/t11-/m1/s1. The van der Waals surface area contributed by atoms with Crippen LogP contribution in [0.5, 0.6) is 5.75 Å². The number of aromatic nitrogens is 3. The maximum Gasteiger partial charge on any atom is 0.261 e. The van der Waals surface area contributed by atoms with Gasteiger partial charge in [0.05, 0.1) is 6.54 Å². The third kappa shape index (κ3) is 4.31. The number of amides is 1. The topological polar surface area (TPSA) is 110 Å². The molecule has 8 heteroatoms. The van der Waals surface area contributed by atoms with Crippen molar-refractivity contribution in [3.63, 3.8) is 0 Å². The minimum atomic E-state index is -0.669. The lowest BCUT2D eigenvalue weighted by atomic mass is 10.2. The molecule has 1 atom stereocenters. The third-order valence-corrected chi connectivity index (χ3v) is 3.34. The van der Waals surface area contributed by atoms with Crippen molar-refractivity contribution >= 4 is 5.91 Å². The molecule has 0 unspecified atom stereocenters. The van der Waals surface area contributed by atoms with Gasteiger partial charge in [-0.25, -0.2) is 0 Å². The van der Waals surface area contributed by atoms with E-state index in [1.54, 1.807) is 25.1 Å². The molecule has 1 aromatic carbocycles. The molecule has 2 N–H and O–H groups in total. The Hall–Kier alpha value is -3.42. The Morgan fingerprint density at radius 2 is 2.12 bits per heavy atom. The Labute approximate surface area is 142 Å². The van der Waals surface area contributed by atoms with Gasteiger partial charge in [0.1, 0.15) is 5.75 Å². The zero-order chi connectivity index (χ0) is 17.6. The summed E-state index contributed by atoms with van der Waals surface area (Å²) in [5.41, 5.74) is 0.273. The zero-order valence-electron chi connectivity index (χ0n) is 13.4. The molecular formula is C17H16N4O4. The van der Waals surface area contributed by atoms with E-state index in [4.69, 9.17) is 9.26 Å². The van der Waals surface area contributed by atoms with Crippen LogP contribution in [0.1, 0.15) is 12.8 Å². The van der Waals surface area contributed by atoms with Gasteiger partial charge in [-0.05, 0) is 25.1 Å². The number of rotatable bonds is 6. The lowest BCUT2D eigenvalue weighted by Crippen LogP contribution is -2.35. The highest BCUT2D eigenvalue weighted by molar-refractivity contribution is 5.80. The first kappa shape index (κ1) is 16.4. The van der Waals surface area contributed by atoms with Crippen molar-refractivity contribution in [1.29, 1.82) is 0 Å². The van der Waals surface area contributed by atoms with Crippen molar-refractivity contribution in [2.24, 2.45) is 0 Å². The number of pyridine rings is 1. The van der Waals surface area contributed by atoms with Crippen LogP contribution in [-0.2, 0) is 11.3 Å². The Morgan fingerprint density at radius 3 is 2.88 bits per heavy atom. The summed E-state index contributed by atoms with van der Waals surface area (Å²) in [5.74, 6) is 0.818. The van der Waals surface area contributed by atoms with E-state index in [2.05, 4.69) is 20.4 Å². The van der Waals surface area contributed by atoms with Gasteiger partial charge in [-0.3, -0.25) is 9.59 Å². The lowest BCUT2D eigenvalue weighted by Gasteiger charge is -2.13. The maximum atomic E-state index is 12.1. The van der Waals surface area contributed by atoms with E-state index < -0.39 is 6.10 Å². The van der Waals surface area contributed by atoms with Gasteiger partial charge in [-0.2, -0.15) is 4.98 Å². The molecule has 0 aliphatic rings. The second-order valence-corrected chi connectivity index (χ2v) is 5.24. The number of H-pyrrole nitrogens is 1. The molecule has 2 aromatic heterocycles. The molecule has 0 radical (unpaired) electrons. The summed E-state index contributed by atoms with van der Waals surface area (Å²) in [6, 6.07) is 12.1. The summed E-state index contributed by atoms with van der Waals surface area (Å²) in [5, 5.41) is 6.46. The number of hydrogen-bond acceptors (Lipinski definition) is 6. The number of aromatic amines is 1. The SMILES string of the molecule is C[C@@H](Oc1ccccc1)C(=O)NCc1nc(-c2cc[nH]c(=O)c2)no1. The van der Waals surface area contributed by atoms with Crippen molar-refractivity contribution in [1.82, 2.24) is 20.4 Å². The Morgan fingerprint density at radius 1 is 1.32 bits per heavy atom. The highest BCUT2D eigenvalue weighted by Gasteiger charge is 2.16. The van der Waals surface area contributed by atoms with Crippen molar-refractivity contribution < 1.29 is 14.1 Å². The fraction of sp³-hybridized carbons (Fsp3) is 0.176. The molecule has 0 saturated heterocycles. The van der Waals surface area contributed by atoms with Crippen LogP contribution in [0, 0.1) is 0 Å². The molecule has 0 spiro atoms. The Kier molecular flexibility index (Phi) is 4.89. The van der Waals surface area contributed by atoms with E-state index >= 15 is 0 Å². The summed E-state index contributed by atoms with van der Waals surface area (Å²) in [7, 11) is 0. The van der Waals surface area contributed by atoms with Crippen molar-refractivity contribution in [3.05, 3.63) is 64.9 Å². The van der Waals surface area contributed by atoms with Crippen molar-refractivity contribution in [2.45, 2.75) is 19.6 Å². The third-order valence-electron chi connectivity index (χ3n) is 3.34. The number of carbonyl (C=O) groups is 1. The van der Waals surface area contributed by atoms with Crippen LogP contribution in [0.15, 0.2) is 58.0 Å². The predicted octanol–water partition coefficient (Wildman–Crippen LogP) is 1.51. The van der Waals surface area contributed by atoms with Crippen LogP contribution in [0.25, 0.3) is 11.4 Å². The van der Waals surface area contributed by atoms with Crippen LogP contribution < -0.4 is 15.6 Å². The second-order valence-electron chi connectivity index (χ2n) is 5.24. The Bertz CT molecular complexity index is 904. The average molecular weight is 340 g/mol. The molecule has 1 amide bonds. The van der Waals surface area contributed by atoms with Gasteiger partial charge in [0.2, 0.25) is 17.3 Å². The van der Waals surface area contributed by atoms with Gasteiger partial charge in [0.25, 0.3) is 5.91 Å². The smallest absolute Gasteiger partial charge is 0.261 e. The molecule has 0 aliphatic carbocycles. The monoisotopic (exact) mass is 340 g/mol. The normalized spacial score (nSPS) is 11.7. The van der Waals surface area contributed by atoms with Gasteiger partial charge >= 0.3 is 0 Å². The Balaban J connectivity index is 1.56. The highest BCUT2D eigenvalue weighted by atomic mass is 16.5. The number of para-hydroxylation sites is 1. The van der Waals surface area contributed by atoms with Gasteiger partial charge in [0.15, 0.2) is 6.10 Å². The summed E-state index contributed by atoms with van der Waals surface area (Å²) < 4.78 is 10.6. The molecule has 8 nitrogen and oxygen atoms in total. The predicted molar refractivity (Wildman–Crippen MR) is 88.7 cm³/mol. The summed E-state index contributed by atoms with van der Waals surface area (Å²) in [4.78, 5) is 30.0. The van der Waals surface area contributed by atoms with Gasteiger partial charge in [0, 0.05) is 17.8 Å². The first-order valence-corrected chi connectivity index (χ1v) is 7.63. The maximum absolute atomic E-state index is 12.1. The molecule has 0 fully saturated rings. The van der Waals surface area contributed by atoms with E-state index in [1.165, 1.54) is 12.3 Å². The van der Waals surface area contributed by atoms with Crippen molar-refractivity contribution in [2.75, 3.05) is 0 Å². The number of hydrogen-bond donors (Lipinski definition) is 2. The molecule has 2 heterocycles. The summed E-state index contributed by atoms with van der Waals surface area (Å²) in [6.45, 7) is 1.72. The number of nitrogens with one attached hydrogen (secondary N) is 2. The summed E-state index contributed by atoms with van der Waals surface area (Å²) >= 11 is 0. The molecule has 25 heavy (non-hydrogen) atoms. The van der Waals surface area contributed by atoms with E-state index in [9.17, 15) is 9.59 Å². The van der Waals surface area contributed by atoms with Crippen molar-refractivity contribution in [3.8, 4) is 17.1 Å². The van der Waals surface area contributed by atoms with E-state index in [0.29, 0.717) is 11.3 Å². The van der Waals surface area contributed by atoms with Crippen LogP contribution in [-0.4, -0.2) is 27.1 Å². The zero-order valence-corrected chi connectivity index (χ0v) is 13.4. The second kappa shape index (κ2) is 7.43. The van der Waals surface area contributed by atoms with E-state index in [1.807, 2.05) is 18.2 Å². The first-order chi connectivity index (χ1) is 12.1. The fourth-order valence-electron chi connectivity index (χ4n) is 2.09. The molecule has 3 rings (SSSR count). The molecule has 3 aromatic rings. The van der Waals surface area contributed by atoms with Crippen LogP contribution in [0.4, 0.5) is 0 Å². The fourth-order valence-corrected chi connectivity index (χ4v) is 2.09. The molecule has 128 valence electrons. The lowest BCUT2D eigenvalue weighted by molar-refractivity contribution is -0.127. The van der Waals surface area contributed by atoms with E-state index in [-0.39, 0.29) is 29.7 Å². The van der Waals surface area contributed by atoms with Crippen LogP contribution in [0.3, 0.4) is 0 Å². The first-order valence-electron chi connectivity index (χ1n) is 7.63. The van der Waals surface area contributed by atoms with Crippen LogP contribution in [0.2, 0.25) is 0 Å².